The van der Waals surface area contributed by atoms with Crippen LogP contribution < -0.4 is 4.74 Å². The zero-order valence-corrected chi connectivity index (χ0v) is 19.9. The van der Waals surface area contributed by atoms with Crippen LogP contribution in [0.15, 0.2) is 41.8 Å². The average Bonchev–Trinajstić information content (AvgIpc) is 3.43. The zero-order valence-electron chi connectivity index (χ0n) is 19.1. The van der Waals surface area contributed by atoms with E-state index in [1.165, 1.54) is 11.3 Å². The molecule has 1 aliphatic heterocycles. The van der Waals surface area contributed by atoms with Crippen molar-refractivity contribution in [1.82, 2.24) is 9.80 Å². The number of hydrogen-bond donors (Lipinski definition) is 0. The molecule has 6 nitrogen and oxygen atoms in total. The van der Waals surface area contributed by atoms with Gasteiger partial charge in [-0.25, -0.2) is 0 Å². The number of benzene rings is 1. The molecule has 2 aromatic rings. The van der Waals surface area contributed by atoms with E-state index in [-0.39, 0.29) is 5.78 Å². The van der Waals surface area contributed by atoms with Crippen molar-refractivity contribution in [3.63, 3.8) is 0 Å². The van der Waals surface area contributed by atoms with Gasteiger partial charge in [0, 0.05) is 6.54 Å². The van der Waals surface area contributed by atoms with Gasteiger partial charge in [-0.15, -0.1) is 11.3 Å². The van der Waals surface area contributed by atoms with Crippen molar-refractivity contribution in [3.8, 4) is 5.75 Å². The molecule has 1 amide bonds. The Morgan fingerprint density at radius 3 is 2.41 bits per heavy atom. The molecule has 1 aromatic carbocycles. The van der Waals surface area contributed by atoms with Gasteiger partial charge >= 0.3 is 0 Å². The fraction of sp³-hybridized carbons (Fsp3) is 0.480. The van der Waals surface area contributed by atoms with Gasteiger partial charge in [0.1, 0.15) is 11.7 Å². The number of hydrogen-bond acceptors (Lipinski definition) is 6. The van der Waals surface area contributed by atoms with Crippen molar-refractivity contribution in [3.05, 3.63) is 52.2 Å². The van der Waals surface area contributed by atoms with Gasteiger partial charge in [-0.2, -0.15) is 0 Å². The summed E-state index contributed by atoms with van der Waals surface area (Å²) in [7, 11) is 0. The molecule has 7 heteroatoms. The summed E-state index contributed by atoms with van der Waals surface area (Å²) < 4.78 is 5.67. The molecule has 2 unspecified atom stereocenters. The molecule has 172 valence electrons. The monoisotopic (exact) mass is 456 g/mol. The summed E-state index contributed by atoms with van der Waals surface area (Å²) in [5.41, 5.74) is 0.783. The Bertz CT molecular complexity index is 907. The van der Waals surface area contributed by atoms with Crippen molar-refractivity contribution in [2.75, 3.05) is 32.8 Å². The number of carbonyl (C=O) groups excluding carboxylic acids is 3. The third kappa shape index (κ3) is 5.27. The minimum atomic E-state index is -1.02. The Kier molecular flexibility index (Phi) is 8.59. The maximum atomic E-state index is 13.3. The Labute approximate surface area is 194 Å². The summed E-state index contributed by atoms with van der Waals surface area (Å²) in [6.07, 6.45) is 1.65. The Hall–Kier alpha value is -2.51. The fourth-order valence-corrected chi connectivity index (χ4v) is 4.86. The molecule has 1 aromatic heterocycles. The number of amides is 1. The van der Waals surface area contributed by atoms with Crippen molar-refractivity contribution in [2.24, 2.45) is 5.92 Å². The van der Waals surface area contributed by atoms with Gasteiger partial charge < -0.3 is 14.5 Å². The topological polar surface area (TPSA) is 66.9 Å². The number of thiophene rings is 1. The highest BCUT2D eigenvalue weighted by Crippen LogP contribution is 2.39. The lowest BCUT2D eigenvalue weighted by atomic mass is 9.88. The van der Waals surface area contributed by atoms with Gasteiger partial charge in [0.2, 0.25) is 5.78 Å². The number of ether oxygens (including phenoxy) is 1. The SMILES string of the molecule is CCCOc1ccc(C2C(C(=O)c3cccs3)C(=O)C(=O)N2CCCN(CC)CC)cc1. The van der Waals surface area contributed by atoms with E-state index in [0.29, 0.717) is 18.0 Å². The zero-order chi connectivity index (χ0) is 23.1. The fourth-order valence-electron chi connectivity index (χ4n) is 4.16. The molecule has 0 saturated carbocycles. The highest BCUT2D eigenvalue weighted by molar-refractivity contribution is 7.12. The summed E-state index contributed by atoms with van der Waals surface area (Å²) >= 11 is 1.30. The van der Waals surface area contributed by atoms with E-state index in [0.717, 1.165) is 43.8 Å². The van der Waals surface area contributed by atoms with Crippen LogP contribution in [-0.2, 0) is 9.59 Å². The van der Waals surface area contributed by atoms with E-state index < -0.39 is 23.7 Å². The summed E-state index contributed by atoms with van der Waals surface area (Å²) in [6, 6.07) is 10.3. The quantitative estimate of drug-likeness (QED) is 0.272. The number of rotatable bonds is 12. The van der Waals surface area contributed by atoms with Crippen LogP contribution in [0.4, 0.5) is 0 Å². The molecule has 3 rings (SSSR count). The molecule has 2 atom stereocenters. The van der Waals surface area contributed by atoms with E-state index in [4.69, 9.17) is 4.74 Å². The summed E-state index contributed by atoms with van der Waals surface area (Å²) in [5, 5.41) is 1.81. The maximum Gasteiger partial charge on any atom is 0.291 e. The summed E-state index contributed by atoms with van der Waals surface area (Å²) in [5.74, 6) is -1.73. The van der Waals surface area contributed by atoms with Crippen LogP contribution in [0.5, 0.6) is 5.75 Å². The standard InChI is InChI=1S/C25H32N2O4S/c1-4-16-31-19-12-10-18(11-13-19)22-21(23(28)20-9-7-17-32-20)24(29)25(30)27(22)15-8-14-26(5-2)6-3/h7,9-13,17,21-22H,4-6,8,14-16H2,1-3H3. The molecule has 2 heterocycles. The molecule has 1 fully saturated rings. The van der Waals surface area contributed by atoms with Gasteiger partial charge in [-0.05, 0) is 61.6 Å². The Balaban J connectivity index is 1.89. The lowest BCUT2D eigenvalue weighted by molar-refractivity contribution is -0.140. The van der Waals surface area contributed by atoms with Crippen molar-refractivity contribution in [2.45, 2.75) is 39.7 Å². The second kappa shape index (κ2) is 11.4. The molecule has 1 saturated heterocycles. The predicted molar refractivity (Wildman–Crippen MR) is 126 cm³/mol. The minimum absolute atomic E-state index is 0.277. The Morgan fingerprint density at radius 2 is 1.81 bits per heavy atom. The summed E-state index contributed by atoms with van der Waals surface area (Å²) in [4.78, 5) is 43.6. The lowest BCUT2D eigenvalue weighted by Crippen LogP contribution is -2.34. The van der Waals surface area contributed by atoms with Crippen LogP contribution in [0.2, 0.25) is 0 Å². The van der Waals surface area contributed by atoms with Crippen molar-refractivity contribution >= 4 is 28.8 Å². The van der Waals surface area contributed by atoms with Crippen LogP contribution in [0.25, 0.3) is 0 Å². The first-order valence-corrected chi connectivity index (χ1v) is 12.3. The third-order valence-corrected chi connectivity index (χ3v) is 6.80. The molecule has 32 heavy (non-hydrogen) atoms. The van der Waals surface area contributed by atoms with E-state index in [1.54, 1.807) is 17.0 Å². The van der Waals surface area contributed by atoms with E-state index >= 15 is 0 Å². The largest absolute Gasteiger partial charge is 0.494 e. The smallest absolute Gasteiger partial charge is 0.291 e. The third-order valence-electron chi connectivity index (χ3n) is 5.91. The molecule has 0 bridgehead atoms. The normalized spacial score (nSPS) is 18.6. The van der Waals surface area contributed by atoms with Gasteiger partial charge in [0.15, 0.2) is 5.78 Å². The second-order valence-corrected chi connectivity index (χ2v) is 8.87. The molecular formula is C25H32N2O4S. The van der Waals surface area contributed by atoms with Crippen LogP contribution in [0.3, 0.4) is 0 Å². The highest BCUT2D eigenvalue weighted by Gasteiger charge is 2.51. The van der Waals surface area contributed by atoms with Crippen LogP contribution >= 0.6 is 11.3 Å². The predicted octanol–water partition coefficient (Wildman–Crippen LogP) is 4.22. The summed E-state index contributed by atoms with van der Waals surface area (Å²) in [6.45, 7) is 10.0. The lowest BCUT2D eigenvalue weighted by Gasteiger charge is -2.28. The minimum Gasteiger partial charge on any atom is -0.494 e. The highest BCUT2D eigenvalue weighted by atomic mass is 32.1. The average molecular weight is 457 g/mol. The maximum absolute atomic E-state index is 13.3. The van der Waals surface area contributed by atoms with E-state index in [9.17, 15) is 14.4 Å². The second-order valence-electron chi connectivity index (χ2n) is 7.92. The van der Waals surface area contributed by atoms with Gasteiger partial charge in [0.25, 0.3) is 5.91 Å². The van der Waals surface area contributed by atoms with Gasteiger partial charge in [-0.1, -0.05) is 39.0 Å². The Morgan fingerprint density at radius 1 is 1.09 bits per heavy atom. The molecule has 0 radical (unpaired) electrons. The first-order chi connectivity index (χ1) is 15.5. The van der Waals surface area contributed by atoms with E-state index in [1.807, 2.05) is 36.6 Å². The van der Waals surface area contributed by atoms with Crippen LogP contribution in [0.1, 0.15) is 54.9 Å². The van der Waals surface area contributed by atoms with Gasteiger partial charge in [-0.3, -0.25) is 14.4 Å². The number of carbonyl (C=O) groups is 3. The first kappa shape index (κ1) is 24.1. The molecule has 0 aliphatic carbocycles. The molecule has 0 N–H and O–H groups in total. The first-order valence-electron chi connectivity index (χ1n) is 11.4. The van der Waals surface area contributed by atoms with Crippen molar-refractivity contribution in [1.29, 1.82) is 0 Å². The molecule has 1 aliphatic rings. The number of likely N-dealkylation sites (tertiary alicyclic amines) is 1. The number of nitrogens with zero attached hydrogens (tertiary/aromatic N) is 2. The van der Waals surface area contributed by atoms with Crippen molar-refractivity contribution < 1.29 is 19.1 Å². The number of ketones is 2. The molecular weight excluding hydrogens is 424 g/mol. The molecule has 0 spiro atoms. The van der Waals surface area contributed by atoms with Crippen LogP contribution in [0, 0.1) is 5.92 Å². The van der Waals surface area contributed by atoms with E-state index in [2.05, 4.69) is 18.7 Å². The van der Waals surface area contributed by atoms with Crippen LogP contribution in [-0.4, -0.2) is 60.1 Å². The van der Waals surface area contributed by atoms with Gasteiger partial charge in [0.05, 0.1) is 17.5 Å². The number of Topliss-reactive ketones (excluding diaryl/α,β-unsaturated/α-hetero) is 2.